The summed E-state index contributed by atoms with van der Waals surface area (Å²) >= 11 is 0. The third-order valence-electron chi connectivity index (χ3n) is 6.90. The average Bonchev–Trinajstić information content (AvgIpc) is 3.41. The van der Waals surface area contributed by atoms with Gasteiger partial charge in [-0.3, -0.25) is 14.3 Å². The Morgan fingerprint density at radius 2 is 1.87 bits per heavy atom. The third-order valence-corrected chi connectivity index (χ3v) is 6.90. The first-order valence-electron chi connectivity index (χ1n) is 11.2. The molecule has 0 amide bonds. The second kappa shape index (κ2) is 8.00. The summed E-state index contributed by atoms with van der Waals surface area (Å²) in [6.45, 7) is 9.91. The van der Waals surface area contributed by atoms with Crippen LogP contribution in [0, 0.1) is 6.92 Å². The van der Waals surface area contributed by atoms with Crippen molar-refractivity contribution in [3.8, 4) is 0 Å². The molecule has 0 aromatic carbocycles. The van der Waals surface area contributed by atoms with E-state index in [9.17, 15) is 0 Å². The Kier molecular flexibility index (Phi) is 5.21. The molecule has 30 heavy (non-hydrogen) atoms. The van der Waals surface area contributed by atoms with Gasteiger partial charge in [-0.05, 0) is 64.0 Å². The molecule has 0 saturated carbocycles. The largest absolute Gasteiger partial charge is 0.355 e. The minimum Gasteiger partial charge on any atom is -0.355 e. The summed E-state index contributed by atoms with van der Waals surface area (Å²) in [5, 5.41) is 0. The number of hydrogen-bond donors (Lipinski definition) is 0. The molecule has 0 N–H and O–H groups in total. The van der Waals surface area contributed by atoms with Crippen LogP contribution in [0.15, 0.2) is 42.7 Å². The quantitative estimate of drug-likeness (QED) is 0.663. The van der Waals surface area contributed by atoms with Crippen molar-refractivity contribution in [3.05, 3.63) is 59.7 Å². The first kappa shape index (κ1) is 19.5. The van der Waals surface area contributed by atoms with Gasteiger partial charge in [0, 0.05) is 38.6 Å². The van der Waals surface area contributed by atoms with Crippen LogP contribution in [-0.2, 0) is 0 Å². The Morgan fingerprint density at radius 3 is 2.67 bits per heavy atom. The number of aryl methyl sites for hydroxylation is 1. The lowest BCUT2D eigenvalue weighted by atomic mass is 10.0. The molecule has 5 rings (SSSR count). The van der Waals surface area contributed by atoms with E-state index in [4.69, 9.17) is 9.97 Å². The molecule has 0 bridgehead atoms. The molecule has 0 radical (unpaired) electrons. The minimum absolute atomic E-state index is 0.263. The normalized spacial score (nSPS) is 22.1. The third kappa shape index (κ3) is 3.48. The second-order valence-electron chi connectivity index (χ2n) is 8.85. The zero-order valence-corrected chi connectivity index (χ0v) is 18.3. The van der Waals surface area contributed by atoms with Crippen LogP contribution in [0.1, 0.15) is 48.8 Å². The highest BCUT2D eigenvalue weighted by Gasteiger charge is 2.33. The van der Waals surface area contributed by atoms with Gasteiger partial charge < -0.3 is 9.80 Å². The number of anilines is 1. The van der Waals surface area contributed by atoms with Gasteiger partial charge in [-0.2, -0.15) is 0 Å². The van der Waals surface area contributed by atoms with E-state index >= 15 is 0 Å². The van der Waals surface area contributed by atoms with Gasteiger partial charge in [-0.1, -0.05) is 12.1 Å². The van der Waals surface area contributed by atoms with Gasteiger partial charge >= 0.3 is 0 Å². The summed E-state index contributed by atoms with van der Waals surface area (Å²) in [4.78, 5) is 17.2. The number of pyridine rings is 2. The Hall–Kier alpha value is -2.44. The van der Waals surface area contributed by atoms with Gasteiger partial charge in [-0.25, -0.2) is 4.98 Å². The Balaban J connectivity index is 1.44. The maximum atomic E-state index is 5.04. The average molecular weight is 405 g/mol. The molecule has 2 aliphatic heterocycles. The van der Waals surface area contributed by atoms with Crippen LogP contribution in [0.5, 0.6) is 0 Å². The van der Waals surface area contributed by atoms with Crippen LogP contribution >= 0.6 is 0 Å². The van der Waals surface area contributed by atoms with Gasteiger partial charge in [-0.15, -0.1) is 0 Å². The SMILES string of the molecule is Cc1cccnc1C1CCCN1C(C)c1cn2c(N3CCN(C)CC3)cccc2n1. The summed E-state index contributed by atoms with van der Waals surface area (Å²) < 4.78 is 2.29. The minimum atomic E-state index is 0.263. The van der Waals surface area contributed by atoms with E-state index in [1.165, 1.54) is 29.9 Å². The highest BCUT2D eigenvalue weighted by molar-refractivity contribution is 5.53. The van der Waals surface area contributed by atoms with Crippen LogP contribution < -0.4 is 4.90 Å². The van der Waals surface area contributed by atoms with Crippen molar-refractivity contribution < 1.29 is 0 Å². The van der Waals surface area contributed by atoms with E-state index in [0.717, 1.165) is 44.1 Å². The van der Waals surface area contributed by atoms with E-state index in [1.54, 1.807) is 0 Å². The van der Waals surface area contributed by atoms with Gasteiger partial charge in [0.15, 0.2) is 0 Å². The summed E-state index contributed by atoms with van der Waals surface area (Å²) in [5.41, 5.74) is 4.70. The van der Waals surface area contributed by atoms with Gasteiger partial charge in [0.05, 0.1) is 23.5 Å². The zero-order chi connectivity index (χ0) is 20.7. The number of hydrogen-bond acceptors (Lipinski definition) is 5. The zero-order valence-electron chi connectivity index (χ0n) is 18.3. The molecule has 5 heterocycles. The maximum absolute atomic E-state index is 5.04. The van der Waals surface area contributed by atoms with Crippen LogP contribution in [0.25, 0.3) is 5.65 Å². The highest BCUT2D eigenvalue weighted by atomic mass is 15.3. The first-order valence-corrected chi connectivity index (χ1v) is 11.2. The molecule has 6 heteroatoms. The smallest absolute Gasteiger partial charge is 0.138 e. The Bertz CT molecular complexity index is 1020. The number of imidazole rings is 1. The number of rotatable bonds is 4. The monoisotopic (exact) mass is 404 g/mol. The molecule has 2 unspecified atom stereocenters. The van der Waals surface area contributed by atoms with E-state index in [2.05, 4.69) is 70.5 Å². The molecule has 3 aromatic heterocycles. The fraction of sp³-hybridized carbons (Fsp3) is 0.500. The molecule has 0 aliphatic carbocycles. The molecule has 2 saturated heterocycles. The lowest BCUT2D eigenvalue weighted by molar-refractivity contribution is 0.187. The van der Waals surface area contributed by atoms with Gasteiger partial charge in [0.2, 0.25) is 0 Å². The molecule has 2 aliphatic rings. The molecule has 2 atom stereocenters. The molecule has 3 aromatic rings. The van der Waals surface area contributed by atoms with Crippen molar-refractivity contribution in [1.29, 1.82) is 0 Å². The van der Waals surface area contributed by atoms with Crippen molar-refractivity contribution >= 4 is 11.5 Å². The van der Waals surface area contributed by atoms with Crippen LogP contribution in [0.2, 0.25) is 0 Å². The molecule has 2 fully saturated rings. The van der Waals surface area contributed by atoms with E-state index in [0.29, 0.717) is 6.04 Å². The number of likely N-dealkylation sites (tertiary alicyclic amines) is 1. The molecular weight excluding hydrogens is 372 g/mol. The topological polar surface area (TPSA) is 39.9 Å². The molecule has 0 spiro atoms. The molecular formula is C24H32N6. The van der Waals surface area contributed by atoms with Crippen molar-refractivity contribution in [2.45, 2.75) is 38.8 Å². The van der Waals surface area contributed by atoms with Crippen LogP contribution in [0.4, 0.5) is 5.82 Å². The van der Waals surface area contributed by atoms with E-state index in [1.807, 2.05) is 12.3 Å². The maximum Gasteiger partial charge on any atom is 0.138 e. The second-order valence-corrected chi connectivity index (χ2v) is 8.85. The highest BCUT2D eigenvalue weighted by Crippen LogP contribution is 2.38. The Labute approximate surface area is 179 Å². The summed E-state index contributed by atoms with van der Waals surface area (Å²) in [6.07, 6.45) is 6.57. The van der Waals surface area contributed by atoms with E-state index < -0.39 is 0 Å². The first-order chi connectivity index (χ1) is 14.6. The Morgan fingerprint density at radius 1 is 1.03 bits per heavy atom. The number of likely N-dealkylation sites (N-methyl/N-ethyl adjacent to an activating group) is 1. The predicted octanol–water partition coefficient (Wildman–Crippen LogP) is 3.69. The molecule has 6 nitrogen and oxygen atoms in total. The number of aromatic nitrogens is 3. The summed E-state index contributed by atoms with van der Waals surface area (Å²) in [7, 11) is 2.20. The van der Waals surface area contributed by atoms with Gasteiger partial charge in [0.1, 0.15) is 11.5 Å². The summed E-state index contributed by atoms with van der Waals surface area (Å²) in [5.74, 6) is 1.25. The van der Waals surface area contributed by atoms with Gasteiger partial charge in [0.25, 0.3) is 0 Å². The fourth-order valence-corrected chi connectivity index (χ4v) is 5.07. The van der Waals surface area contributed by atoms with Crippen LogP contribution in [0.3, 0.4) is 0 Å². The van der Waals surface area contributed by atoms with Crippen LogP contribution in [-0.4, -0.2) is 63.9 Å². The number of fused-ring (bicyclic) bond motifs is 1. The van der Waals surface area contributed by atoms with E-state index in [-0.39, 0.29) is 6.04 Å². The lowest BCUT2D eigenvalue weighted by Gasteiger charge is -2.34. The lowest BCUT2D eigenvalue weighted by Crippen LogP contribution is -2.45. The van der Waals surface area contributed by atoms with Crippen molar-refractivity contribution in [3.63, 3.8) is 0 Å². The summed E-state index contributed by atoms with van der Waals surface area (Å²) in [6, 6.07) is 11.3. The van der Waals surface area contributed by atoms with Crippen molar-refractivity contribution in [2.75, 3.05) is 44.7 Å². The predicted molar refractivity (Wildman–Crippen MR) is 121 cm³/mol. The van der Waals surface area contributed by atoms with Crippen molar-refractivity contribution in [2.24, 2.45) is 0 Å². The number of nitrogens with zero attached hydrogens (tertiary/aromatic N) is 6. The van der Waals surface area contributed by atoms with Crippen molar-refractivity contribution in [1.82, 2.24) is 24.2 Å². The fourth-order valence-electron chi connectivity index (χ4n) is 5.07. The standard InChI is InChI=1S/C24H32N6/c1-18-7-5-11-25-24(18)21-8-6-12-29(21)19(2)20-17-30-22(26-20)9-4-10-23(30)28-15-13-27(3)14-16-28/h4-5,7,9-11,17,19,21H,6,8,12-16H2,1-3H3. The molecule has 158 valence electrons. The number of piperazine rings is 1.